The molecule has 0 radical (unpaired) electrons. The first kappa shape index (κ1) is 18.0. The van der Waals surface area contributed by atoms with Crippen LogP contribution in [0.1, 0.15) is 32.8 Å². The third-order valence-electron chi connectivity index (χ3n) is 5.77. The van der Waals surface area contributed by atoms with Crippen molar-refractivity contribution >= 4 is 5.96 Å². The molecule has 4 rings (SSSR count). The van der Waals surface area contributed by atoms with Crippen LogP contribution in [0.2, 0.25) is 0 Å². The topological polar surface area (TPSA) is 87.2 Å². The van der Waals surface area contributed by atoms with Gasteiger partial charge in [0.2, 0.25) is 0 Å². The lowest BCUT2D eigenvalue weighted by Gasteiger charge is -2.54. The molecule has 7 nitrogen and oxygen atoms in total. The zero-order valence-corrected chi connectivity index (χ0v) is 16.2. The minimum absolute atomic E-state index is 0.129. The van der Waals surface area contributed by atoms with E-state index >= 15 is 0 Å². The van der Waals surface area contributed by atoms with Crippen molar-refractivity contribution in [1.29, 1.82) is 0 Å². The third-order valence-corrected chi connectivity index (χ3v) is 5.77. The highest BCUT2D eigenvalue weighted by molar-refractivity contribution is 5.80. The van der Waals surface area contributed by atoms with Crippen LogP contribution in [-0.4, -0.2) is 46.4 Å². The molecule has 27 heavy (non-hydrogen) atoms. The van der Waals surface area contributed by atoms with E-state index in [4.69, 9.17) is 9.73 Å². The summed E-state index contributed by atoms with van der Waals surface area (Å²) in [5.41, 5.74) is 2.28. The molecule has 0 spiro atoms. The second-order valence-corrected chi connectivity index (χ2v) is 7.92. The van der Waals surface area contributed by atoms with E-state index in [9.17, 15) is 0 Å². The van der Waals surface area contributed by atoms with Gasteiger partial charge in [0.05, 0.1) is 12.6 Å². The molecule has 0 bridgehead atoms. The zero-order chi connectivity index (χ0) is 18.9. The number of rotatable bonds is 5. The van der Waals surface area contributed by atoms with Crippen LogP contribution in [0.3, 0.4) is 0 Å². The van der Waals surface area contributed by atoms with E-state index in [0.717, 1.165) is 42.5 Å². The summed E-state index contributed by atoms with van der Waals surface area (Å²) in [6, 6.07) is 8.62. The summed E-state index contributed by atoms with van der Waals surface area (Å²) in [7, 11) is 0. The molecule has 0 amide bonds. The maximum atomic E-state index is 5.90. The molecular formula is C20H28N6O. The lowest BCUT2D eigenvalue weighted by molar-refractivity contribution is -0.106. The van der Waals surface area contributed by atoms with Gasteiger partial charge in [-0.2, -0.15) is 5.10 Å². The summed E-state index contributed by atoms with van der Waals surface area (Å²) in [6.07, 6.45) is 3.02. The Morgan fingerprint density at radius 1 is 1.41 bits per heavy atom. The van der Waals surface area contributed by atoms with E-state index in [1.807, 2.05) is 12.1 Å². The molecule has 2 aliphatic rings. The quantitative estimate of drug-likeness (QED) is 0.557. The number of nitrogens with one attached hydrogen (secondary N) is 3. The number of hydrogen-bond acceptors (Lipinski definition) is 4. The lowest BCUT2D eigenvalue weighted by Crippen LogP contribution is -2.67. The van der Waals surface area contributed by atoms with Crippen LogP contribution in [0.25, 0.3) is 11.4 Å². The Morgan fingerprint density at radius 2 is 2.30 bits per heavy atom. The Hall–Kier alpha value is -2.41. The van der Waals surface area contributed by atoms with Crippen LogP contribution < -0.4 is 10.6 Å². The highest BCUT2D eigenvalue weighted by atomic mass is 16.5. The number of nitrogens with zero attached hydrogens (tertiary/aromatic N) is 3. The van der Waals surface area contributed by atoms with Crippen molar-refractivity contribution in [1.82, 2.24) is 25.8 Å². The maximum absolute atomic E-state index is 5.90. The fourth-order valence-electron chi connectivity index (χ4n) is 4.42. The van der Waals surface area contributed by atoms with Crippen molar-refractivity contribution in [3.63, 3.8) is 0 Å². The predicted molar refractivity (Wildman–Crippen MR) is 105 cm³/mol. The minimum Gasteiger partial charge on any atom is -0.377 e. The summed E-state index contributed by atoms with van der Waals surface area (Å²) in [4.78, 5) is 9.03. The van der Waals surface area contributed by atoms with Crippen LogP contribution in [0.4, 0.5) is 0 Å². The number of aliphatic imine (C=N–C) groups is 1. The molecule has 3 N–H and O–H groups in total. The van der Waals surface area contributed by atoms with Crippen molar-refractivity contribution in [2.24, 2.45) is 16.3 Å². The Bertz CT molecular complexity index is 801. The number of H-pyrrole nitrogens is 1. The fourth-order valence-corrected chi connectivity index (χ4v) is 4.42. The Labute approximate surface area is 160 Å². The van der Waals surface area contributed by atoms with Gasteiger partial charge in [0.1, 0.15) is 6.33 Å². The van der Waals surface area contributed by atoms with Gasteiger partial charge in [0.15, 0.2) is 11.8 Å². The summed E-state index contributed by atoms with van der Waals surface area (Å²) in [6.45, 7) is 8.97. The second-order valence-electron chi connectivity index (χ2n) is 7.92. The predicted octanol–water partition coefficient (Wildman–Crippen LogP) is 2.34. The molecular weight excluding hydrogens is 340 g/mol. The monoisotopic (exact) mass is 368 g/mol. The van der Waals surface area contributed by atoms with Crippen molar-refractivity contribution in [3.05, 3.63) is 36.2 Å². The van der Waals surface area contributed by atoms with Crippen molar-refractivity contribution in [3.8, 4) is 11.4 Å². The van der Waals surface area contributed by atoms with Crippen LogP contribution in [0.5, 0.6) is 0 Å². The molecule has 2 fully saturated rings. The molecule has 1 aromatic carbocycles. The number of fused-ring (bicyclic) bond motifs is 1. The van der Waals surface area contributed by atoms with Gasteiger partial charge in [-0.15, -0.1) is 0 Å². The second kappa shape index (κ2) is 7.31. The van der Waals surface area contributed by atoms with E-state index < -0.39 is 0 Å². The van der Waals surface area contributed by atoms with Gasteiger partial charge in [-0.1, -0.05) is 32.0 Å². The summed E-state index contributed by atoms with van der Waals surface area (Å²) in [5, 5.41) is 13.9. The molecule has 1 saturated carbocycles. The molecule has 1 aliphatic heterocycles. The van der Waals surface area contributed by atoms with Gasteiger partial charge >= 0.3 is 0 Å². The number of aromatic amines is 1. The van der Waals surface area contributed by atoms with Crippen molar-refractivity contribution in [2.75, 3.05) is 13.2 Å². The molecule has 1 aliphatic carbocycles. The van der Waals surface area contributed by atoms with E-state index in [1.165, 1.54) is 6.33 Å². The first-order valence-electron chi connectivity index (χ1n) is 9.70. The highest BCUT2D eigenvalue weighted by Crippen LogP contribution is 2.52. The van der Waals surface area contributed by atoms with Crippen LogP contribution in [-0.2, 0) is 11.3 Å². The number of hydrogen-bond donors (Lipinski definition) is 3. The third kappa shape index (κ3) is 3.43. The normalized spacial score (nSPS) is 26.3. The van der Waals surface area contributed by atoms with Gasteiger partial charge in [-0.3, -0.25) is 5.10 Å². The average molecular weight is 368 g/mol. The van der Waals surface area contributed by atoms with E-state index in [-0.39, 0.29) is 5.41 Å². The minimum atomic E-state index is 0.129. The number of guanidine groups is 1. The first-order valence-corrected chi connectivity index (χ1v) is 9.70. The van der Waals surface area contributed by atoms with Gasteiger partial charge < -0.3 is 15.4 Å². The Morgan fingerprint density at radius 3 is 3.07 bits per heavy atom. The molecule has 1 saturated heterocycles. The van der Waals surface area contributed by atoms with E-state index in [0.29, 0.717) is 24.6 Å². The highest BCUT2D eigenvalue weighted by Gasteiger charge is 2.59. The van der Waals surface area contributed by atoms with Gasteiger partial charge in [-0.05, 0) is 25.0 Å². The largest absolute Gasteiger partial charge is 0.377 e. The summed E-state index contributed by atoms with van der Waals surface area (Å²) in [5.74, 6) is 2.22. The molecule has 144 valence electrons. The van der Waals surface area contributed by atoms with Crippen molar-refractivity contribution in [2.45, 2.75) is 45.9 Å². The number of aromatic nitrogens is 3. The van der Waals surface area contributed by atoms with E-state index in [1.54, 1.807) is 0 Å². The molecule has 2 aromatic rings. The fraction of sp³-hybridized carbons (Fsp3) is 0.550. The van der Waals surface area contributed by atoms with Gasteiger partial charge in [-0.25, -0.2) is 9.98 Å². The number of benzene rings is 1. The molecule has 3 unspecified atom stereocenters. The summed E-state index contributed by atoms with van der Waals surface area (Å²) >= 11 is 0. The molecule has 1 aromatic heterocycles. The Balaban J connectivity index is 1.46. The Kier molecular flexibility index (Phi) is 4.86. The van der Waals surface area contributed by atoms with Crippen molar-refractivity contribution < 1.29 is 4.74 Å². The van der Waals surface area contributed by atoms with Crippen LogP contribution in [0, 0.1) is 11.3 Å². The zero-order valence-electron chi connectivity index (χ0n) is 16.2. The maximum Gasteiger partial charge on any atom is 0.191 e. The number of ether oxygens (including phenoxy) is 1. The smallest absolute Gasteiger partial charge is 0.191 e. The molecule has 3 atom stereocenters. The van der Waals surface area contributed by atoms with Crippen LogP contribution in [0.15, 0.2) is 35.6 Å². The standard InChI is InChI=1S/C20H28N6O/c1-4-21-19(25-16-15-8-9-27-17(15)20(16,2)3)22-11-13-6-5-7-14(10-13)18-23-12-24-26-18/h5-7,10,12,15-17H,4,8-9,11H2,1-3H3,(H2,21,22,25)(H,23,24,26). The lowest BCUT2D eigenvalue weighted by atomic mass is 9.57. The van der Waals surface area contributed by atoms with Crippen LogP contribution >= 0.6 is 0 Å². The molecule has 2 heterocycles. The van der Waals surface area contributed by atoms with E-state index in [2.05, 4.69) is 58.7 Å². The first-order chi connectivity index (χ1) is 13.1. The van der Waals surface area contributed by atoms with Gasteiger partial charge in [0, 0.05) is 36.1 Å². The SMILES string of the molecule is CCNC(=NCc1cccc(-c2ncn[nH]2)c1)NC1C2CCOC2C1(C)C. The van der Waals surface area contributed by atoms with Gasteiger partial charge in [0.25, 0.3) is 0 Å². The average Bonchev–Trinajstić information content (AvgIpc) is 3.35. The molecule has 7 heteroatoms. The summed E-state index contributed by atoms with van der Waals surface area (Å²) < 4.78 is 5.90.